The fourth-order valence-electron chi connectivity index (χ4n) is 4.70. The van der Waals surface area contributed by atoms with Crippen LogP contribution >= 0.6 is 0 Å². The summed E-state index contributed by atoms with van der Waals surface area (Å²) in [5, 5.41) is 1.68. The molecule has 0 spiro atoms. The van der Waals surface area contributed by atoms with Crippen LogP contribution in [0.5, 0.6) is 11.5 Å². The lowest BCUT2D eigenvalue weighted by Gasteiger charge is -2.29. The quantitative estimate of drug-likeness (QED) is 0.458. The monoisotopic (exact) mass is 472 g/mol. The number of hydrogen-bond acceptors (Lipinski definition) is 6. The molecule has 3 aromatic carbocycles. The predicted molar refractivity (Wildman–Crippen MR) is 132 cm³/mol. The summed E-state index contributed by atoms with van der Waals surface area (Å²) in [6.45, 7) is 4.57. The zero-order chi connectivity index (χ0) is 24.5. The minimum absolute atomic E-state index is 0.280. The van der Waals surface area contributed by atoms with Crippen molar-refractivity contribution in [3.05, 3.63) is 83.9 Å². The van der Waals surface area contributed by atoms with Crippen molar-refractivity contribution in [1.29, 1.82) is 0 Å². The highest BCUT2D eigenvalue weighted by molar-refractivity contribution is 6.23. The summed E-state index contributed by atoms with van der Waals surface area (Å²) in [6, 6.07) is 22.0. The molecule has 2 aliphatic heterocycles. The van der Waals surface area contributed by atoms with Gasteiger partial charge in [0.15, 0.2) is 17.6 Å². The van der Waals surface area contributed by atoms with Gasteiger partial charge in [-0.3, -0.25) is 14.4 Å². The van der Waals surface area contributed by atoms with E-state index in [4.69, 9.17) is 14.3 Å². The number of fused-ring (bicyclic) bond motifs is 1. The van der Waals surface area contributed by atoms with Crippen LogP contribution in [0.25, 0.3) is 0 Å². The van der Waals surface area contributed by atoms with Crippen molar-refractivity contribution in [1.82, 2.24) is 0 Å². The maximum absolute atomic E-state index is 13.7. The third kappa shape index (κ3) is 4.02. The third-order valence-electron chi connectivity index (χ3n) is 6.41. The van der Waals surface area contributed by atoms with Gasteiger partial charge < -0.3 is 9.47 Å². The second kappa shape index (κ2) is 9.43. The molecule has 3 aromatic rings. The third-order valence-corrected chi connectivity index (χ3v) is 6.41. The van der Waals surface area contributed by atoms with Gasteiger partial charge in [0.1, 0.15) is 5.92 Å². The number of rotatable bonds is 7. The lowest BCUT2D eigenvalue weighted by molar-refractivity contribution is -0.126. The van der Waals surface area contributed by atoms with Gasteiger partial charge in [-0.25, -0.2) is 9.96 Å². The molecule has 0 aliphatic carbocycles. The maximum atomic E-state index is 13.7. The molecule has 3 unspecified atom stereocenters. The van der Waals surface area contributed by atoms with E-state index in [1.807, 2.05) is 74.5 Å². The van der Waals surface area contributed by atoms with Gasteiger partial charge in [-0.15, -0.1) is 0 Å². The number of carbonyl (C=O) groups excluding carboxylic acids is 2. The molecule has 0 saturated carbocycles. The molecule has 2 fully saturated rings. The molecule has 2 saturated heterocycles. The van der Waals surface area contributed by atoms with Gasteiger partial charge in [0.25, 0.3) is 5.91 Å². The van der Waals surface area contributed by atoms with Crippen molar-refractivity contribution >= 4 is 23.2 Å². The number of benzene rings is 3. The van der Waals surface area contributed by atoms with Gasteiger partial charge >= 0.3 is 0 Å². The topological polar surface area (TPSA) is 68.3 Å². The number of amides is 2. The number of anilines is 2. The number of imide groups is 1. The van der Waals surface area contributed by atoms with Crippen LogP contribution in [0, 0.1) is 12.8 Å². The smallest absolute Gasteiger partial charge is 0.266 e. The number of hydroxylamine groups is 1. The Kier molecular flexibility index (Phi) is 6.17. The predicted octanol–water partition coefficient (Wildman–Crippen LogP) is 4.84. The normalized spacial score (nSPS) is 21.4. The highest BCUT2D eigenvalue weighted by Gasteiger charge is 2.60. The number of nitrogens with zero attached hydrogens (tertiary/aromatic N) is 2. The largest absolute Gasteiger partial charge is 0.493 e. The van der Waals surface area contributed by atoms with Crippen molar-refractivity contribution in [2.24, 2.45) is 5.92 Å². The number of carbonyl (C=O) groups is 2. The van der Waals surface area contributed by atoms with E-state index in [1.165, 1.54) is 4.90 Å². The van der Waals surface area contributed by atoms with Crippen LogP contribution in [-0.4, -0.2) is 31.6 Å². The van der Waals surface area contributed by atoms with Crippen LogP contribution in [0.2, 0.25) is 0 Å². The summed E-state index contributed by atoms with van der Waals surface area (Å²) in [5.74, 6) is -0.148. The summed E-state index contributed by atoms with van der Waals surface area (Å²) >= 11 is 0. The van der Waals surface area contributed by atoms with Gasteiger partial charge in [0.2, 0.25) is 5.91 Å². The standard InChI is InChI=1S/C28H28N2O5/c1-4-16-34-22-15-12-19(17-23(22)33-3)25-24-26(35-30(25)21-8-6-5-7-9-21)28(32)29(27(24)31)20-13-10-18(2)11-14-20/h5-15,17,24-26H,4,16H2,1-3H3. The summed E-state index contributed by atoms with van der Waals surface area (Å²) < 4.78 is 11.4. The van der Waals surface area contributed by atoms with Crippen LogP contribution < -0.4 is 19.4 Å². The van der Waals surface area contributed by atoms with Crippen LogP contribution in [0.3, 0.4) is 0 Å². The molecule has 2 aliphatic rings. The average molecular weight is 473 g/mol. The molecule has 3 atom stereocenters. The van der Waals surface area contributed by atoms with Gasteiger partial charge in [-0.05, 0) is 55.3 Å². The Morgan fingerprint density at radius 3 is 2.31 bits per heavy atom. The summed E-state index contributed by atoms with van der Waals surface area (Å²) in [6.07, 6.45) is -0.0470. The van der Waals surface area contributed by atoms with Crippen LogP contribution in [0.4, 0.5) is 11.4 Å². The van der Waals surface area contributed by atoms with Gasteiger partial charge in [-0.2, -0.15) is 0 Å². The fraction of sp³-hybridized carbons (Fsp3) is 0.286. The van der Waals surface area contributed by atoms with E-state index in [9.17, 15) is 9.59 Å². The molecular formula is C28H28N2O5. The number of ether oxygens (including phenoxy) is 2. The molecule has 0 aromatic heterocycles. The minimum atomic E-state index is -0.920. The molecule has 7 heteroatoms. The first kappa shape index (κ1) is 22.9. The molecule has 5 rings (SSSR count). The molecule has 0 bridgehead atoms. The molecule has 2 heterocycles. The van der Waals surface area contributed by atoms with E-state index in [2.05, 4.69) is 0 Å². The molecular weight excluding hydrogens is 444 g/mol. The first-order chi connectivity index (χ1) is 17.0. The Balaban J connectivity index is 1.57. The van der Waals surface area contributed by atoms with Gasteiger partial charge in [0.05, 0.1) is 31.1 Å². The number of para-hydroxylation sites is 1. The Labute approximate surface area is 204 Å². The first-order valence-electron chi connectivity index (χ1n) is 11.8. The van der Waals surface area contributed by atoms with E-state index in [1.54, 1.807) is 24.3 Å². The maximum Gasteiger partial charge on any atom is 0.266 e. The second-order valence-corrected chi connectivity index (χ2v) is 8.76. The van der Waals surface area contributed by atoms with Crippen molar-refractivity contribution in [2.75, 3.05) is 23.7 Å². The van der Waals surface area contributed by atoms with Gasteiger partial charge in [0, 0.05) is 0 Å². The zero-order valence-corrected chi connectivity index (χ0v) is 20.0. The van der Waals surface area contributed by atoms with E-state index >= 15 is 0 Å². The molecule has 35 heavy (non-hydrogen) atoms. The van der Waals surface area contributed by atoms with Crippen molar-refractivity contribution in [3.63, 3.8) is 0 Å². The lowest BCUT2D eigenvalue weighted by atomic mass is 9.90. The molecule has 2 amide bonds. The molecule has 0 N–H and O–H groups in total. The summed E-state index contributed by atoms with van der Waals surface area (Å²) in [7, 11) is 1.59. The summed E-state index contributed by atoms with van der Waals surface area (Å²) in [5.41, 5.74) is 3.16. The van der Waals surface area contributed by atoms with E-state index in [-0.39, 0.29) is 11.8 Å². The van der Waals surface area contributed by atoms with Crippen molar-refractivity contribution < 1.29 is 23.9 Å². The molecule has 0 radical (unpaired) electrons. The zero-order valence-electron chi connectivity index (χ0n) is 20.0. The second-order valence-electron chi connectivity index (χ2n) is 8.76. The number of aryl methyl sites for hydroxylation is 1. The SMILES string of the molecule is CCCOc1ccc(C2C3C(=O)N(c4ccc(C)cc4)C(=O)C3ON2c2ccccc2)cc1OC. The lowest BCUT2D eigenvalue weighted by Crippen LogP contribution is -2.37. The minimum Gasteiger partial charge on any atom is -0.493 e. The Hall–Kier alpha value is -3.84. The summed E-state index contributed by atoms with van der Waals surface area (Å²) in [4.78, 5) is 34.7. The fourth-order valence-corrected chi connectivity index (χ4v) is 4.70. The number of methoxy groups -OCH3 is 1. The van der Waals surface area contributed by atoms with Crippen molar-refractivity contribution in [3.8, 4) is 11.5 Å². The molecule has 7 nitrogen and oxygen atoms in total. The highest BCUT2D eigenvalue weighted by Crippen LogP contribution is 2.48. The van der Waals surface area contributed by atoms with Crippen LogP contribution in [0.1, 0.15) is 30.5 Å². The Morgan fingerprint density at radius 1 is 0.886 bits per heavy atom. The van der Waals surface area contributed by atoms with E-state index < -0.39 is 18.1 Å². The van der Waals surface area contributed by atoms with E-state index in [0.717, 1.165) is 23.2 Å². The first-order valence-corrected chi connectivity index (χ1v) is 11.8. The van der Waals surface area contributed by atoms with Crippen LogP contribution in [-0.2, 0) is 14.4 Å². The van der Waals surface area contributed by atoms with E-state index in [0.29, 0.717) is 23.8 Å². The number of hydrogen-bond donors (Lipinski definition) is 0. The highest BCUT2D eigenvalue weighted by atomic mass is 16.7. The average Bonchev–Trinajstić information content (AvgIpc) is 3.39. The molecule has 180 valence electrons. The van der Waals surface area contributed by atoms with Gasteiger partial charge in [-0.1, -0.05) is 48.9 Å². The van der Waals surface area contributed by atoms with Crippen molar-refractivity contribution in [2.45, 2.75) is 32.4 Å². The van der Waals surface area contributed by atoms with Crippen LogP contribution in [0.15, 0.2) is 72.8 Å². The Bertz CT molecular complexity index is 1230. The Morgan fingerprint density at radius 2 is 1.63 bits per heavy atom.